The minimum Gasteiger partial charge on any atom is -0.355 e. The van der Waals surface area contributed by atoms with Crippen LogP contribution in [0.3, 0.4) is 0 Å². The van der Waals surface area contributed by atoms with Crippen molar-refractivity contribution in [1.29, 1.82) is 0 Å². The normalized spacial score (nSPS) is 11.6. The highest BCUT2D eigenvalue weighted by Crippen LogP contribution is 2.29. The number of aryl methyl sites for hydroxylation is 1. The molecule has 0 saturated carbocycles. The molecule has 0 fully saturated rings. The Balaban J connectivity index is 0.000000234. The largest absolute Gasteiger partial charge is 0.355 e. The summed E-state index contributed by atoms with van der Waals surface area (Å²) in [5, 5.41) is 13.0. The fourth-order valence-electron chi connectivity index (χ4n) is 3.04. The highest BCUT2D eigenvalue weighted by Gasteiger charge is 2.14. The van der Waals surface area contributed by atoms with Gasteiger partial charge in [0.2, 0.25) is 5.13 Å². The van der Waals surface area contributed by atoms with Crippen molar-refractivity contribution in [3.63, 3.8) is 0 Å². The second-order valence-corrected chi connectivity index (χ2v) is 10.9. The van der Waals surface area contributed by atoms with E-state index in [1.807, 2.05) is 6.92 Å². The molecule has 2 aromatic carbocycles. The van der Waals surface area contributed by atoms with Gasteiger partial charge in [-0.3, -0.25) is 0 Å². The van der Waals surface area contributed by atoms with Gasteiger partial charge in [-0.25, -0.2) is 0 Å². The Morgan fingerprint density at radius 3 is 2.00 bits per heavy atom. The van der Waals surface area contributed by atoms with Crippen molar-refractivity contribution in [3.05, 3.63) is 64.7 Å². The number of anilines is 1. The highest BCUT2D eigenvalue weighted by atomic mass is 32.1. The van der Waals surface area contributed by atoms with Gasteiger partial charge in [0.25, 0.3) is 0 Å². The van der Waals surface area contributed by atoms with Crippen LogP contribution in [0.1, 0.15) is 57.7 Å². The average molecular weight is 410 g/mol. The van der Waals surface area contributed by atoms with Crippen LogP contribution in [0.2, 0.25) is 0 Å². The fraction of sp³-hybridized carbons (Fsp3) is 0.440. The van der Waals surface area contributed by atoms with Crippen molar-refractivity contribution in [2.24, 2.45) is 5.41 Å². The molecule has 3 rings (SSSR count). The fourth-order valence-corrected chi connectivity index (χ4v) is 3.84. The second-order valence-electron chi connectivity index (χ2n) is 9.69. The van der Waals surface area contributed by atoms with E-state index in [2.05, 4.69) is 113 Å². The minimum atomic E-state index is 0.0754. The molecule has 0 saturated heterocycles. The quantitative estimate of drug-likeness (QED) is 0.493. The Morgan fingerprint density at radius 2 is 1.48 bits per heavy atom. The van der Waals surface area contributed by atoms with Crippen molar-refractivity contribution in [2.45, 2.75) is 67.3 Å². The molecule has 3 nitrogen and oxygen atoms in total. The molecule has 0 radical (unpaired) electrons. The summed E-state index contributed by atoms with van der Waals surface area (Å²) in [6.07, 6.45) is 1.12. The zero-order chi connectivity index (χ0) is 21.7. The Morgan fingerprint density at radius 1 is 0.828 bits per heavy atom. The molecule has 0 aliphatic rings. The third-order valence-corrected chi connectivity index (χ3v) is 5.01. The smallest absolute Gasteiger partial charge is 0.206 e. The number of rotatable bonds is 3. The Kier molecular flexibility index (Phi) is 7.59. The first-order chi connectivity index (χ1) is 13.4. The summed E-state index contributed by atoms with van der Waals surface area (Å²) >= 11 is 1.58. The van der Waals surface area contributed by atoms with E-state index in [0.29, 0.717) is 5.41 Å². The van der Waals surface area contributed by atoms with Gasteiger partial charge in [0.15, 0.2) is 0 Å². The maximum absolute atomic E-state index is 3.96. The Labute approximate surface area is 180 Å². The summed E-state index contributed by atoms with van der Waals surface area (Å²) in [6, 6.07) is 17.3. The van der Waals surface area contributed by atoms with Gasteiger partial charge in [-0.1, -0.05) is 80.6 Å². The first kappa shape index (κ1) is 23.1. The summed E-state index contributed by atoms with van der Waals surface area (Å²) in [7, 11) is 0. The minimum absolute atomic E-state index is 0.0754. The van der Waals surface area contributed by atoms with Gasteiger partial charge in [-0.15, -0.1) is 10.2 Å². The first-order valence-corrected chi connectivity index (χ1v) is 11.0. The monoisotopic (exact) mass is 409 g/mol. The van der Waals surface area contributed by atoms with Crippen molar-refractivity contribution in [3.8, 4) is 11.1 Å². The lowest BCUT2D eigenvalue weighted by molar-refractivity contribution is 0.410. The van der Waals surface area contributed by atoms with Gasteiger partial charge < -0.3 is 5.32 Å². The Hall–Kier alpha value is -2.20. The lowest BCUT2D eigenvalue weighted by Crippen LogP contribution is -2.25. The Bertz CT molecular complexity index is 900. The van der Waals surface area contributed by atoms with Gasteiger partial charge in [0, 0.05) is 5.54 Å². The summed E-state index contributed by atoms with van der Waals surface area (Å²) in [6.45, 7) is 17.4. The second kappa shape index (κ2) is 9.53. The molecule has 0 unspecified atom stereocenters. The molecule has 1 N–H and O–H groups in total. The molecular formula is C25H35N3S. The molecule has 4 heteroatoms. The number of hydrogen-bond donors (Lipinski definition) is 1. The predicted molar refractivity (Wildman–Crippen MR) is 128 cm³/mol. The van der Waals surface area contributed by atoms with Crippen LogP contribution in [0.15, 0.2) is 48.5 Å². The average Bonchev–Trinajstić information content (AvgIpc) is 3.00. The van der Waals surface area contributed by atoms with Crippen LogP contribution in [-0.2, 0) is 6.42 Å². The van der Waals surface area contributed by atoms with Crippen molar-refractivity contribution in [1.82, 2.24) is 10.2 Å². The first-order valence-electron chi connectivity index (χ1n) is 10.2. The number of nitrogens with zero attached hydrogens (tertiary/aromatic N) is 2. The van der Waals surface area contributed by atoms with E-state index in [1.54, 1.807) is 11.3 Å². The number of hydrogen-bond acceptors (Lipinski definition) is 4. The molecule has 0 bridgehead atoms. The van der Waals surface area contributed by atoms with E-state index in [4.69, 9.17) is 0 Å². The topological polar surface area (TPSA) is 37.8 Å². The zero-order valence-electron chi connectivity index (χ0n) is 19.1. The van der Waals surface area contributed by atoms with Crippen LogP contribution in [0.4, 0.5) is 5.13 Å². The van der Waals surface area contributed by atoms with Gasteiger partial charge in [0.05, 0.1) is 0 Å². The molecule has 0 aliphatic heterocycles. The van der Waals surface area contributed by atoms with Gasteiger partial charge in [0.1, 0.15) is 5.01 Å². The molecule has 156 valence electrons. The number of aromatic nitrogens is 2. The molecule has 0 atom stereocenters. The summed E-state index contributed by atoms with van der Waals surface area (Å²) < 4.78 is 0. The van der Waals surface area contributed by atoms with Crippen LogP contribution in [0.25, 0.3) is 11.1 Å². The van der Waals surface area contributed by atoms with Crippen LogP contribution in [0, 0.1) is 19.3 Å². The summed E-state index contributed by atoms with van der Waals surface area (Å²) in [5.41, 5.74) is 5.96. The predicted octanol–water partition coefficient (Wildman–Crippen LogP) is 7.31. The number of benzene rings is 2. The van der Waals surface area contributed by atoms with Gasteiger partial charge in [-0.2, -0.15) is 0 Å². The van der Waals surface area contributed by atoms with E-state index < -0.39 is 0 Å². The molecular weight excluding hydrogens is 374 g/mol. The van der Waals surface area contributed by atoms with E-state index in [-0.39, 0.29) is 5.54 Å². The van der Waals surface area contributed by atoms with E-state index in [1.165, 1.54) is 22.3 Å². The molecule has 0 spiro atoms. The van der Waals surface area contributed by atoms with Crippen LogP contribution in [0.5, 0.6) is 0 Å². The standard InChI is InChI=1S/C18H22.C7H13N3S/c1-14-16(13-18(2,3)4)11-8-12-17(14)15-9-6-5-7-10-15;1-5-9-10-6(11-5)8-7(2,3)4/h5-12H,13H2,1-4H3;1-4H3,(H,8,10). The number of nitrogens with one attached hydrogen (secondary N) is 1. The molecule has 3 aromatic rings. The molecule has 0 amide bonds. The maximum atomic E-state index is 3.96. The van der Waals surface area contributed by atoms with E-state index >= 15 is 0 Å². The summed E-state index contributed by atoms with van der Waals surface area (Å²) in [4.78, 5) is 0. The third kappa shape index (κ3) is 7.98. The molecule has 29 heavy (non-hydrogen) atoms. The third-order valence-electron chi connectivity index (χ3n) is 4.26. The zero-order valence-corrected chi connectivity index (χ0v) is 19.9. The summed E-state index contributed by atoms with van der Waals surface area (Å²) in [5.74, 6) is 0. The SMILES string of the molecule is Cc1c(CC(C)(C)C)cccc1-c1ccccc1.Cc1nnc(NC(C)(C)C)s1. The van der Waals surface area contributed by atoms with Crippen molar-refractivity contribution >= 4 is 16.5 Å². The van der Waals surface area contributed by atoms with Crippen LogP contribution >= 0.6 is 11.3 Å². The van der Waals surface area contributed by atoms with Crippen molar-refractivity contribution < 1.29 is 0 Å². The molecule has 1 aromatic heterocycles. The lowest BCUT2D eigenvalue weighted by Gasteiger charge is -2.21. The maximum Gasteiger partial charge on any atom is 0.206 e. The lowest BCUT2D eigenvalue weighted by atomic mass is 9.84. The molecule has 0 aliphatic carbocycles. The van der Waals surface area contributed by atoms with Gasteiger partial charge >= 0.3 is 0 Å². The highest BCUT2D eigenvalue weighted by molar-refractivity contribution is 7.15. The van der Waals surface area contributed by atoms with Crippen LogP contribution in [-0.4, -0.2) is 15.7 Å². The van der Waals surface area contributed by atoms with Crippen LogP contribution < -0.4 is 5.32 Å². The van der Waals surface area contributed by atoms with Gasteiger partial charge in [-0.05, 0) is 68.7 Å². The van der Waals surface area contributed by atoms with E-state index in [0.717, 1.165) is 16.6 Å². The van der Waals surface area contributed by atoms with Crippen molar-refractivity contribution in [2.75, 3.05) is 5.32 Å². The molecule has 1 heterocycles. The van der Waals surface area contributed by atoms with E-state index in [9.17, 15) is 0 Å².